The quantitative estimate of drug-likeness (QED) is 0.338. The highest BCUT2D eigenvalue weighted by molar-refractivity contribution is 5.78. The molecule has 4 aromatic rings. The van der Waals surface area contributed by atoms with Crippen LogP contribution in [-0.4, -0.2) is 64.1 Å². The molecule has 202 valence electrons. The number of rotatable bonds is 8. The van der Waals surface area contributed by atoms with Crippen LogP contribution in [0.3, 0.4) is 0 Å². The number of para-hydroxylation sites is 2. The zero-order valence-corrected chi connectivity index (χ0v) is 22.6. The number of aromatic nitrogens is 2. The molecule has 3 aromatic carbocycles. The van der Waals surface area contributed by atoms with Crippen LogP contribution in [0.15, 0.2) is 83.7 Å². The molecule has 0 bridgehead atoms. The summed E-state index contributed by atoms with van der Waals surface area (Å²) in [5, 5.41) is 0.574. The number of ether oxygens (including phenoxy) is 2. The van der Waals surface area contributed by atoms with E-state index in [1.54, 1.807) is 4.57 Å². The molecular formula is C31H34N4O4. The van der Waals surface area contributed by atoms with Crippen LogP contribution in [0.2, 0.25) is 0 Å². The van der Waals surface area contributed by atoms with Crippen molar-refractivity contribution >= 4 is 16.8 Å². The standard InChI is InChI=1S/C31H34N4O4/c1-4-38-26-16-14-24(15-17-26)35-30(32-28-13-9-8-12-27(28)31(35)37)23(3)33-18-19-34(22(2)20-33)29(36)21-39-25-10-6-5-7-11-25/h5-17,22-23H,4,18-21H2,1-3H3. The minimum atomic E-state index is -0.158. The van der Waals surface area contributed by atoms with E-state index in [1.807, 2.05) is 97.6 Å². The molecule has 8 nitrogen and oxygen atoms in total. The Morgan fingerprint density at radius 3 is 2.36 bits per heavy atom. The zero-order chi connectivity index (χ0) is 27.4. The van der Waals surface area contributed by atoms with Crippen molar-refractivity contribution in [1.82, 2.24) is 19.4 Å². The minimum absolute atomic E-state index is 0.00736. The maximum atomic E-state index is 13.7. The summed E-state index contributed by atoms with van der Waals surface area (Å²) in [5.74, 6) is 2.07. The van der Waals surface area contributed by atoms with Crippen molar-refractivity contribution in [1.29, 1.82) is 0 Å². The molecule has 1 amide bonds. The van der Waals surface area contributed by atoms with Crippen molar-refractivity contribution in [3.8, 4) is 17.2 Å². The number of benzene rings is 3. The highest BCUT2D eigenvalue weighted by Gasteiger charge is 2.32. The number of fused-ring (bicyclic) bond motifs is 1. The van der Waals surface area contributed by atoms with Crippen LogP contribution in [0.25, 0.3) is 16.6 Å². The Morgan fingerprint density at radius 2 is 1.64 bits per heavy atom. The Bertz CT molecular complexity index is 1490. The van der Waals surface area contributed by atoms with Gasteiger partial charge in [-0.05, 0) is 69.3 Å². The lowest BCUT2D eigenvalue weighted by Gasteiger charge is -2.42. The number of hydrogen-bond donors (Lipinski definition) is 0. The van der Waals surface area contributed by atoms with Crippen molar-refractivity contribution in [2.24, 2.45) is 0 Å². The van der Waals surface area contributed by atoms with Gasteiger partial charge in [0.15, 0.2) is 6.61 Å². The summed E-state index contributed by atoms with van der Waals surface area (Å²) in [6.45, 7) is 8.53. The fourth-order valence-corrected chi connectivity index (χ4v) is 5.15. The summed E-state index contributed by atoms with van der Waals surface area (Å²) in [6, 6.07) is 24.2. The number of hydrogen-bond acceptors (Lipinski definition) is 6. The highest BCUT2D eigenvalue weighted by Crippen LogP contribution is 2.26. The number of amides is 1. The number of carbonyl (C=O) groups excluding carboxylic acids is 1. The third-order valence-corrected chi connectivity index (χ3v) is 7.21. The molecule has 2 heterocycles. The molecule has 1 aromatic heterocycles. The molecule has 0 spiro atoms. The van der Waals surface area contributed by atoms with E-state index in [0.717, 1.165) is 11.4 Å². The Morgan fingerprint density at radius 1 is 0.949 bits per heavy atom. The molecule has 5 rings (SSSR count). The molecule has 39 heavy (non-hydrogen) atoms. The van der Waals surface area contributed by atoms with Gasteiger partial charge in [-0.3, -0.25) is 19.1 Å². The summed E-state index contributed by atoms with van der Waals surface area (Å²) in [4.78, 5) is 35.8. The molecular weight excluding hydrogens is 492 g/mol. The largest absolute Gasteiger partial charge is 0.494 e. The Balaban J connectivity index is 1.38. The van der Waals surface area contributed by atoms with E-state index in [1.165, 1.54) is 0 Å². The Hall–Kier alpha value is -4.17. The first kappa shape index (κ1) is 26.4. The van der Waals surface area contributed by atoms with E-state index in [4.69, 9.17) is 14.5 Å². The van der Waals surface area contributed by atoms with Gasteiger partial charge in [-0.1, -0.05) is 30.3 Å². The van der Waals surface area contributed by atoms with Crippen LogP contribution in [0.5, 0.6) is 11.5 Å². The normalized spacial score (nSPS) is 16.7. The topological polar surface area (TPSA) is 76.9 Å². The molecule has 2 atom stereocenters. The first-order chi connectivity index (χ1) is 19.0. The summed E-state index contributed by atoms with van der Waals surface area (Å²) < 4.78 is 13.0. The smallest absolute Gasteiger partial charge is 0.266 e. The van der Waals surface area contributed by atoms with Crippen molar-refractivity contribution in [3.05, 3.63) is 95.0 Å². The van der Waals surface area contributed by atoms with Gasteiger partial charge in [0.1, 0.15) is 17.3 Å². The van der Waals surface area contributed by atoms with Crippen LogP contribution >= 0.6 is 0 Å². The van der Waals surface area contributed by atoms with Gasteiger partial charge in [0.25, 0.3) is 11.5 Å². The second-order valence-electron chi connectivity index (χ2n) is 9.76. The zero-order valence-electron chi connectivity index (χ0n) is 22.6. The van der Waals surface area contributed by atoms with Crippen LogP contribution in [0, 0.1) is 0 Å². The summed E-state index contributed by atoms with van der Waals surface area (Å²) in [5.41, 5.74) is 1.31. The van der Waals surface area contributed by atoms with Crippen LogP contribution < -0.4 is 15.0 Å². The lowest BCUT2D eigenvalue weighted by molar-refractivity contribution is -0.138. The maximum Gasteiger partial charge on any atom is 0.266 e. The van der Waals surface area contributed by atoms with Gasteiger partial charge in [-0.25, -0.2) is 4.98 Å². The van der Waals surface area contributed by atoms with E-state index in [9.17, 15) is 9.59 Å². The first-order valence-corrected chi connectivity index (χ1v) is 13.4. The molecule has 0 aliphatic carbocycles. The van der Waals surface area contributed by atoms with Gasteiger partial charge in [-0.15, -0.1) is 0 Å². The molecule has 1 aliphatic rings. The van der Waals surface area contributed by atoms with Gasteiger partial charge in [0, 0.05) is 25.7 Å². The molecule has 0 saturated carbocycles. The van der Waals surface area contributed by atoms with Crippen molar-refractivity contribution < 1.29 is 14.3 Å². The van der Waals surface area contributed by atoms with Crippen molar-refractivity contribution in [2.75, 3.05) is 32.8 Å². The fourth-order valence-electron chi connectivity index (χ4n) is 5.15. The summed E-state index contributed by atoms with van der Waals surface area (Å²) in [7, 11) is 0. The predicted octanol–water partition coefficient (Wildman–Crippen LogP) is 4.46. The van der Waals surface area contributed by atoms with Gasteiger partial charge >= 0.3 is 0 Å². The van der Waals surface area contributed by atoms with E-state index in [0.29, 0.717) is 48.7 Å². The molecule has 2 unspecified atom stereocenters. The second kappa shape index (κ2) is 11.7. The van der Waals surface area contributed by atoms with Gasteiger partial charge < -0.3 is 14.4 Å². The molecule has 1 fully saturated rings. The second-order valence-corrected chi connectivity index (χ2v) is 9.76. The Kier molecular flexibility index (Phi) is 7.93. The molecule has 0 N–H and O–H groups in total. The monoisotopic (exact) mass is 526 g/mol. The first-order valence-electron chi connectivity index (χ1n) is 13.4. The molecule has 1 saturated heterocycles. The maximum absolute atomic E-state index is 13.7. The van der Waals surface area contributed by atoms with Crippen LogP contribution in [0.4, 0.5) is 0 Å². The van der Waals surface area contributed by atoms with Crippen LogP contribution in [-0.2, 0) is 4.79 Å². The third kappa shape index (κ3) is 5.66. The fraction of sp³-hybridized carbons (Fsp3) is 0.323. The predicted molar refractivity (Wildman–Crippen MR) is 152 cm³/mol. The average molecular weight is 527 g/mol. The molecule has 8 heteroatoms. The Labute approximate surface area is 228 Å². The summed E-state index contributed by atoms with van der Waals surface area (Å²) >= 11 is 0. The lowest BCUT2D eigenvalue weighted by atomic mass is 10.1. The van der Waals surface area contributed by atoms with Crippen molar-refractivity contribution in [2.45, 2.75) is 32.9 Å². The lowest BCUT2D eigenvalue weighted by Crippen LogP contribution is -2.55. The number of carbonyl (C=O) groups is 1. The van der Waals surface area contributed by atoms with E-state index >= 15 is 0 Å². The molecule has 1 aliphatic heterocycles. The molecule has 0 radical (unpaired) electrons. The van der Waals surface area contributed by atoms with E-state index in [2.05, 4.69) is 11.8 Å². The number of nitrogens with zero attached hydrogens (tertiary/aromatic N) is 4. The average Bonchev–Trinajstić information content (AvgIpc) is 2.97. The third-order valence-electron chi connectivity index (χ3n) is 7.21. The summed E-state index contributed by atoms with van der Waals surface area (Å²) in [6.07, 6.45) is 0. The SMILES string of the molecule is CCOc1ccc(-n2c(C(C)N3CCN(C(=O)COc4ccccc4)C(C)C3)nc3ccccc3c2=O)cc1. The van der Waals surface area contributed by atoms with E-state index < -0.39 is 0 Å². The van der Waals surface area contributed by atoms with Gasteiger partial charge in [0.2, 0.25) is 0 Å². The van der Waals surface area contributed by atoms with Gasteiger partial charge in [-0.2, -0.15) is 0 Å². The number of piperazine rings is 1. The van der Waals surface area contributed by atoms with Crippen molar-refractivity contribution in [3.63, 3.8) is 0 Å². The highest BCUT2D eigenvalue weighted by atomic mass is 16.5. The van der Waals surface area contributed by atoms with Crippen LogP contribution in [0.1, 0.15) is 32.6 Å². The van der Waals surface area contributed by atoms with E-state index in [-0.39, 0.29) is 30.2 Å². The van der Waals surface area contributed by atoms with Gasteiger partial charge in [0.05, 0.1) is 29.2 Å². The minimum Gasteiger partial charge on any atom is -0.494 e.